The minimum atomic E-state index is -0.976. The van der Waals surface area contributed by atoms with E-state index in [-0.39, 0.29) is 0 Å². The number of rotatable bonds is 5. The standard InChI is InChI=1S/C15H20N2O/c1-3-10-15(18,13-8-6-5-7-9-13)14-11-17(4-2)12-16-14/h5-9,11-12,18H,3-4,10H2,1-2H3. The topological polar surface area (TPSA) is 38.0 Å². The summed E-state index contributed by atoms with van der Waals surface area (Å²) in [5, 5.41) is 11.0. The van der Waals surface area contributed by atoms with Crippen molar-refractivity contribution < 1.29 is 5.11 Å². The lowest BCUT2D eigenvalue weighted by atomic mass is 9.87. The Labute approximate surface area is 108 Å². The van der Waals surface area contributed by atoms with E-state index < -0.39 is 5.60 Å². The fraction of sp³-hybridized carbons (Fsp3) is 0.400. The van der Waals surface area contributed by atoms with E-state index in [1.807, 2.05) is 41.1 Å². The summed E-state index contributed by atoms with van der Waals surface area (Å²) in [6.07, 6.45) is 5.30. The first-order valence-corrected chi connectivity index (χ1v) is 6.51. The van der Waals surface area contributed by atoms with Crippen LogP contribution in [0.4, 0.5) is 0 Å². The highest BCUT2D eigenvalue weighted by Gasteiger charge is 2.32. The summed E-state index contributed by atoms with van der Waals surface area (Å²) in [6.45, 7) is 5.00. The van der Waals surface area contributed by atoms with Gasteiger partial charge >= 0.3 is 0 Å². The van der Waals surface area contributed by atoms with Crippen molar-refractivity contribution in [3.05, 3.63) is 54.1 Å². The number of aliphatic hydroxyl groups is 1. The molecule has 0 aliphatic rings. The monoisotopic (exact) mass is 244 g/mol. The highest BCUT2D eigenvalue weighted by Crippen LogP contribution is 2.32. The molecule has 0 amide bonds. The Bertz CT molecular complexity index is 492. The summed E-state index contributed by atoms with van der Waals surface area (Å²) < 4.78 is 1.99. The molecule has 1 aromatic heterocycles. The molecule has 3 nitrogen and oxygen atoms in total. The van der Waals surface area contributed by atoms with Gasteiger partial charge in [-0.3, -0.25) is 0 Å². The molecule has 0 saturated carbocycles. The quantitative estimate of drug-likeness (QED) is 0.878. The molecule has 1 aromatic carbocycles. The van der Waals surface area contributed by atoms with Crippen LogP contribution in [0.15, 0.2) is 42.9 Å². The number of benzene rings is 1. The van der Waals surface area contributed by atoms with Gasteiger partial charge in [0, 0.05) is 12.7 Å². The molecule has 1 atom stereocenters. The molecular weight excluding hydrogens is 224 g/mol. The van der Waals surface area contributed by atoms with E-state index in [0.717, 1.165) is 24.2 Å². The minimum Gasteiger partial charge on any atom is -0.379 e. The second-order valence-electron chi connectivity index (χ2n) is 4.57. The van der Waals surface area contributed by atoms with E-state index in [1.54, 1.807) is 6.33 Å². The number of hydrogen-bond donors (Lipinski definition) is 1. The smallest absolute Gasteiger partial charge is 0.133 e. The lowest BCUT2D eigenvalue weighted by Crippen LogP contribution is -2.27. The van der Waals surface area contributed by atoms with Gasteiger partial charge in [0.25, 0.3) is 0 Å². The molecule has 0 aliphatic heterocycles. The fourth-order valence-corrected chi connectivity index (χ4v) is 2.24. The molecule has 0 saturated heterocycles. The van der Waals surface area contributed by atoms with Gasteiger partial charge in [0.15, 0.2) is 0 Å². The highest BCUT2D eigenvalue weighted by atomic mass is 16.3. The summed E-state index contributed by atoms with van der Waals surface area (Å²) >= 11 is 0. The molecule has 1 unspecified atom stereocenters. The molecule has 3 heteroatoms. The van der Waals surface area contributed by atoms with Crippen LogP contribution in [-0.4, -0.2) is 14.7 Å². The Morgan fingerprint density at radius 2 is 1.94 bits per heavy atom. The Kier molecular flexibility index (Phi) is 3.82. The van der Waals surface area contributed by atoms with Gasteiger partial charge < -0.3 is 9.67 Å². The van der Waals surface area contributed by atoms with E-state index in [4.69, 9.17) is 0 Å². The molecule has 0 radical (unpaired) electrons. The predicted octanol–water partition coefficient (Wildman–Crippen LogP) is 2.94. The van der Waals surface area contributed by atoms with Gasteiger partial charge in [-0.25, -0.2) is 4.98 Å². The van der Waals surface area contributed by atoms with Gasteiger partial charge in [-0.1, -0.05) is 43.7 Å². The first-order chi connectivity index (χ1) is 8.70. The van der Waals surface area contributed by atoms with Crippen LogP contribution >= 0.6 is 0 Å². The number of nitrogens with zero attached hydrogens (tertiary/aromatic N) is 2. The van der Waals surface area contributed by atoms with Crippen LogP contribution < -0.4 is 0 Å². The van der Waals surface area contributed by atoms with Crippen LogP contribution in [0.25, 0.3) is 0 Å². The van der Waals surface area contributed by atoms with E-state index in [0.29, 0.717) is 6.42 Å². The molecule has 1 heterocycles. The third-order valence-corrected chi connectivity index (χ3v) is 3.29. The largest absolute Gasteiger partial charge is 0.379 e. The van der Waals surface area contributed by atoms with Crippen molar-refractivity contribution in [1.29, 1.82) is 0 Å². The Hall–Kier alpha value is -1.61. The molecule has 0 spiro atoms. The van der Waals surface area contributed by atoms with Gasteiger partial charge in [-0.2, -0.15) is 0 Å². The normalized spacial score (nSPS) is 14.4. The number of hydrogen-bond acceptors (Lipinski definition) is 2. The fourth-order valence-electron chi connectivity index (χ4n) is 2.24. The molecule has 0 bridgehead atoms. The van der Waals surface area contributed by atoms with Crippen LogP contribution in [0.5, 0.6) is 0 Å². The summed E-state index contributed by atoms with van der Waals surface area (Å²) in [4.78, 5) is 4.37. The number of aryl methyl sites for hydroxylation is 1. The maximum atomic E-state index is 11.0. The summed E-state index contributed by atoms with van der Waals surface area (Å²) in [5.74, 6) is 0. The summed E-state index contributed by atoms with van der Waals surface area (Å²) in [6, 6.07) is 9.78. The summed E-state index contributed by atoms with van der Waals surface area (Å²) in [7, 11) is 0. The lowest BCUT2D eigenvalue weighted by Gasteiger charge is -2.26. The van der Waals surface area contributed by atoms with Crippen molar-refractivity contribution in [3.63, 3.8) is 0 Å². The van der Waals surface area contributed by atoms with Crippen molar-refractivity contribution in [1.82, 2.24) is 9.55 Å². The Morgan fingerprint density at radius 3 is 2.50 bits per heavy atom. The van der Waals surface area contributed by atoms with E-state index >= 15 is 0 Å². The van der Waals surface area contributed by atoms with Gasteiger partial charge in [0.1, 0.15) is 5.60 Å². The van der Waals surface area contributed by atoms with E-state index in [9.17, 15) is 5.11 Å². The number of aromatic nitrogens is 2. The second kappa shape index (κ2) is 5.36. The molecule has 2 aromatic rings. The maximum Gasteiger partial charge on any atom is 0.133 e. The average Bonchev–Trinajstić information content (AvgIpc) is 2.89. The van der Waals surface area contributed by atoms with Crippen LogP contribution in [0, 0.1) is 0 Å². The van der Waals surface area contributed by atoms with Gasteiger partial charge in [0.05, 0.1) is 12.0 Å². The molecule has 0 fully saturated rings. The molecular formula is C15H20N2O. The first kappa shape index (κ1) is 12.8. The van der Waals surface area contributed by atoms with Gasteiger partial charge in [0.2, 0.25) is 0 Å². The van der Waals surface area contributed by atoms with Crippen LogP contribution in [0.3, 0.4) is 0 Å². The molecule has 18 heavy (non-hydrogen) atoms. The molecule has 0 aliphatic carbocycles. The third kappa shape index (κ3) is 2.31. The minimum absolute atomic E-state index is 0.678. The third-order valence-electron chi connectivity index (χ3n) is 3.29. The van der Waals surface area contributed by atoms with Gasteiger partial charge in [-0.15, -0.1) is 0 Å². The zero-order chi connectivity index (χ0) is 13.0. The molecule has 2 rings (SSSR count). The number of imidazole rings is 1. The zero-order valence-electron chi connectivity index (χ0n) is 11.0. The van der Waals surface area contributed by atoms with Crippen molar-refractivity contribution in [2.45, 2.75) is 38.8 Å². The lowest BCUT2D eigenvalue weighted by molar-refractivity contribution is 0.0659. The second-order valence-corrected chi connectivity index (χ2v) is 4.57. The van der Waals surface area contributed by atoms with Crippen molar-refractivity contribution >= 4 is 0 Å². The predicted molar refractivity (Wildman–Crippen MR) is 72.2 cm³/mol. The van der Waals surface area contributed by atoms with Crippen molar-refractivity contribution in [2.75, 3.05) is 0 Å². The zero-order valence-corrected chi connectivity index (χ0v) is 11.0. The van der Waals surface area contributed by atoms with E-state index in [2.05, 4.69) is 18.8 Å². The van der Waals surface area contributed by atoms with Crippen LogP contribution in [-0.2, 0) is 12.1 Å². The molecule has 96 valence electrons. The SMILES string of the molecule is CCCC(O)(c1ccccc1)c1cn(CC)cn1. The van der Waals surface area contributed by atoms with Gasteiger partial charge in [-0.05, 0) is 18.9 Å². The van der Waals surface area contributed by atoms with E-state index in [1.165, 1.54) is 0 Å². The molecule has 1 N–H and O–H groups in total. The maximum absolute atomic E-state index is 11.0. The first-order valence-electron chi connectivity index (χ1n) is 6.51. The van der Waals surface area contributed by atoms with Crippen molar-refractivity contribution in [2.24, 2.45) is 0 Å². The highest BCUT2D eigenvalue weighted by molar-refractivity contribution is 5.31. The Balaban J connectivity index is 2.43. The van der Waals surface area contributed by atoms with Crippen molar-refractivity contribution in [3.8, 4) is 0 Å². The van der Waals surface area contributed by atoms with Crippen LogP contribution in [0.2, 0.25) is 0 Å². The summed E-state index contributed by atoms with van der Waals surface area (Å²) in [5.41, 5.74) is 0.668. The van der Waals surface area contributed by atoms with Crippen LogP contribution in [0.1, 0.15) is 37.9 Å². The average molecular weight is 244 g/mol. The Morgan fingerprint density at radius 1 is 1.22 bits per heavy atom.